The zero-order valence-electron chi connectivity index (χ0n) is 14.0. The fraction of sp³-hybridized carbons (Fsp3) is 0. The quantitative estimate of drug-likeness (QED) is 0.365. The van der Waals surface area contributed by atoms with Gasteiger partial charge in [-0.15, -0.1) is 0 Å². The van der Waals surface area contributed by atoms with Crippen molar-refractivity contribution in [1.29, 1.82) is 0 Å². The lowest BCUT2D eigenvalue weighted by Gasteiger charge is -2.03. The molecule has 1 aromatic heterocycles. The Morgan fingerprint density at radius 2 is 1.70 bits per heavy atom. The predicted octanol–water partition coefficient (Wildman–Crippen LogP) is 2.03. The van der Waals surface area contributed by atoms with E-state index in [1.165, 1.54) is 24.5 Å². The average Bonchev–Trinajstić information content (AvgIpc) is 2.74. The van der Waals surface area contributed by atoms with Gasteiger partial charge < -0.3 is 0 Å². The summed E-state index contributed by atoms with van der Waals surface area (Å²) in [6, 6.07) is 15.7. The molecule has 134 valence electrons. The van der Waals surface area contributed by atoms with Crippen molar-refractivity contribution in [3.8, 4) is 11.3 Å². The largest absolute Gasteiger partial charge is 0.291 e. The van der Waals surface area contributed by atoms with Crippen molar-refractivity contribution in [2.75, 3.05) is 0 Å². The van der Waals surface area contributed by atoms with Gasteiger partial charge in [0.05, 0.1) is 24.3 Å². The van der Waals surface area contributed by atoms with Crippen molar-refractivity contribution < 1.29 is 14.8 Å². The van der Waals surface area contributed by atoms with Crippen LogP contribution in [0, 0.1) is 0 Å². The third kappa shape index (κ3) is 4.59. The highest BCUT2D eigenvalue weighted by atomic mass is 16.5. The van der Waals surface area contributed by atoms with E-state index in [1.807, 2.05) is 30.3 Å². The van der Waals surface area contributed by atoms with Crippen LogP contribution in [-0.2, 0) is 0 Å². The molecule has 3 N–H and O–H groups in total. The smallest absolute Gasteiger partial charge is 0.288 e. The van der Waals surface area contributed by atoms with Gasteiger partial charge in [-0.25, -0.2) is 15.9 Å². The molecular weight excluding hydrogens is 346 g/mol. The minimum absolute atomic E-state index is 0.142. The lowest BCUT2D eigenvalue weighted by Crippen LogP contribution is -2.19. The SMILES string of the molecule is O=C(NO)c1ccc(C=NNC(=O)c2cncc(-c3ccccc3)n2)cc1. The molecule has 8 heteroatoms. The summed E-state index contributed by atoms with van der Waals surface area (Å²) in [5.74, 6) is -1.10. The number of nitrogens with one attached hydrogen (secondary N) is 2. The minimum Gasteiger partial charge on any atom is -0.288 e. The van der Waals surface area contributed by atoms with Crippen LogP contribution in [0.15, 0.2) is 72.1 Å². The number of carbonyl (C=O) groups is 2. The van der Waals surface area contributed by atoms with Crippen LogP contribution >= 0.6 is 0 Å². The second-order valence-corrected chi connectivity index (χ2v) is 5.42. The van der Waals surface area contributed by atoms with E-state index in [4.69, 9.17) is 5.21 Å². The van der Waals surface area contributed by atoms with Gasteiger partial charge in [-0.05, 0) is 17.7 Å². The average molecular weight is 361 g/mol. The second-order valence-electron chi connectivity index (χ2n) is 5.42. The normalized spacial score (nSPS) is 10.6. The molecular formula is C19H15N5O3. The molecule has 1 heterocycles. The van der Waals surface area contributed by atoms with Gasteiger partial charge in [-0.2, -0.15) is 5.10 Å². The van der Waals surface area contributed by atoms with Crippen LogP contribution < -0.4 is 10.9 Å². The van der Waals surface area contributed by atoms with Crippen molar-refractivity contribution in [1.82, 2.24) is 20.9 Å². The summed E-state index contributed by atoms with van der Waals surface area (Å²) in [5.41, 5.74) is 6.48. The topological polar surface area (TPSA) is 117 Å². The van der Waals surface area contributed by atoms with Crippen LogP contribution in [0.4, 0.5) is 0 Å². The summed E-state index contributed by atoms with van der Waals surface area (Å²) in [6.07, 6.45) is 4.37. The van der Waals surface area contributed by atoms with Crippen LogP contribution in [0.1, 0.15) is 26.4 Å². The summed E-state index contributed by atoms with van der Waals surface area (Å²) in [5, 5.41) is 12.4. The Kier molecular flexibility index (Phi) is 5.60. The molecule has 27 heavy (non-hydrogen) atoms. The maximum Gasteiger partial charge on any atom is 0.291 e. The highest BCUT2D eigenvalue weighted by Gasteiger charge is 2.09. The molecule has 8 nitrogen and oxygen atoms in total. The number of benzene rings is 2. The highest BCUT2D eigenvalue weighted by Crippen LogP contribution is 2.15. The van der Waals surface area contributed by atoms with Crippen LogP contribution in [0.2, 0.25) is 0 Å². The first-order chi connectivity index (χ1) is 13.2. The molecule has 0 saturated heterocycles. The van der Waals surface area contributed by atoms with Crippen molar-refractivity contribution in [2.24, 2.45) is 5.10 Å². The first kappa shape index (κ1) is 17.9. The predicted molar refractivity (Wildman–Crippen MR) is 98.2 cm³/mol. The number of hydrogen-bond acceptors (Lipinski definition) is 6. The van der Waals surface area contributed by atoms with Gasteiger partial charge in [0.25, 0.3) is 11.8 Å². The van der Waals surface area contributed by atoms with E-state index < -0.39 is 11.8 Å². The molecule has 0 aliphatic heterocycles. The molecule has 3 rings (SSSR count). The Morgan fingerprint density at radius 3 is 2.41 bits per heavy atom. The number of aromatic nitrogens is 2. The third-order valence-corrected chi connectivity index (χ3v) is 3.59. The molecule has 0 unspecified atom stereocenters. The second kappa shape index (κ2) is 8.45. The van der Waals surface area contributed by atoms with Gasteiger partial charge in [0.1, 0.15) is 5.69 Å². The molecule has 0 aliphatic rings. The fourth-order valence-corrected chi connectivity index (χ4v) is 2.23. The molecule has 0 saturated carbocycles. The Bertz CT molecular complexity index is 972. The zero-order valence-corrected chi connectivity index (χ0v) is 14.0. The van der Waals surface area contributed by atoms with Gasteiger partial charge in [-0.3, -0.25) is 19.8 Å². The number of amides is 2. The lowest BCUT2D eigenvalue weighted by molar-refractivity contribution is 0.0706. The molecule has 2 amide bonds. The fourth-order valence-electron chi connectivity index (χ4n) is 2.23. The van der Waals surface area contributed by atoms with Crippen LogP contribution in [0.25, 0.3) is 11.3 Å². The van der Waals surface area contributed by atoms with E-state index >= 15 is 0 Å². The molecule has 0 spiro atoms. The van der Waals surface area contributed by atoms with Crippen molar-refractivity contribution >= 4 is 18.0 Å². The number of carbonyl (C=O) groups excluding carboxylic acids is 2. The maximum atomic E-state index is 12.2. The Morgan fingerprint density at radius 1 is 0.963 bits per heavy atom. The monoisotopic (exact) mass is 361 g/mol. The standard InChI is InChI=1S/C19H15N5O3/c25-18(24-27)15-8-6-13(7-9-15)10-21-23-19(26)17-12-20-11-16(22-17)14-4-2-1-3-5-14/h1-12,27H,(H,23,26)(H,24,25). The van der Waals surface area contributed by atoms with Crippen molar-refractivity contribution in [2.45, 2.75) is 0 Å². The molecule has 0 atom stereocenters. The van der Waals surface area contributed by atoms with E-state index in [0.29, 0.717) is 16.8 Å². The molecule has 0 aliphatic carbocycles. The molecule has 0 bridgehead atoms. The summed E-state index contributed by atoms with van der Waals surface area (Å²) >= 11 is 0. The van der Waals surface area contributed by atoms with E-state index in [0.717, 1.165) is 5.56 Å². The van der Waals surface area contributed by atoms with Gasteiger partial charge in [0, 0.05) is 11.1 Å². The lowest BCUT2D eigenvalue weighted by atomic mass is 10.1. The summed E-state index contributed by atoms with van der Waals surface area (Å²) < 4.78 is 0. The number of hydroxylamine groups is 1. The van der Waals surface area contributed by atoms with Crippen molar-refractivity contribution in [3.63, 3.8) is 0 Å². The Hall–Kier alpha value is -3.91. The van der Waals surface area contributed by atoms with E-state index in [1.54, 1.807) is 23.8 Å². The summed E-state index contributed by atoms with van der Waals surface area (Å²) in [6.45, 7) is 0. The minimum atomic E-state index is -0.608. The molecule has 2 aromatic carbocycles. The molecule has 0 fully saturated rings. The zero-order chi connectivity index (χ0) is 19.1. The van der Waals surface area contributed by atoms with Gasteiger partial charge in [0.15, 0.2) is 0 Å². The van der Waals surface area contributed by atoms with E-state index in [2.05, 4.69) is 20.5 Å². The Balaban J connectivity index is 1.66. The van der Waals surface area contributed by atoms with Crippen LogP contribution in [0.5, 0.6) is 0 Å². The first-order valence-electron chi connectivity index (χ1n) is 7.93. The van der Waals surface area contributed by atoms with Gasteiger partial charge >= 0.3 is 0 Å². The maximum absolute atomic E-state index is 12.2. The van der Waals surface area contributed by atoms with Crippen LogP contribution in [0.3, 0.4) is 0 Å². The molecule has 0 radical (unpaired) electrons. The summed E-state index contributed by atoms with van der Waals surface area (Å²) in [7, 11) is 0. The number of nitrogens with zero attached hydrogens (tertiary/aromatic N) is 3. The van der Waals surface area contributed by atoms with Crippen molar-refractivity contribution in [3.05, 3.63) is 83.8 Å². The number of hydrogen-bond donors (Lipinski definition) is 3. The van der Waals surface area contributed by atoms with E-state index in [9.17, 15) is 9.59 Å². The Labute approximate surface area is 154 Å². The number of hydrazone groups is 1. The van der Waals surface area contributed by atoms with Gasteiger partial charge in [0.2, 0.25) is 0 Å². The summed E-state index contributed by atoms with van der Waals surface area (Å²) in [4.78, 5) is 31.8. The third-order valence-electron chi connectivity index (χ3n) is 3.59. The van der Waals surface area contributed by atoms with E-state index in [-0.39, 0.29) is 5.69 Å². The first-order valence-corrected chi connectivity index (χ1v) is 7.93. The van der Waals surface area contributed by atoms with Crippen LogP contribution in [-0.4, -0.2) is 33.2 Å². The molecule has 3 aromatic rings. The number of rotatable bonds is 5. The van der Waals surface area contributed by atoms with Gasteiger partial charge in [-0.1, -0.05) is 42.5 Å². The highest BCUT2D eigenvalue weighted by molar-refractivity contribution is 5.95.